The summed E-state index contributed by atoms with van der Waals surface area (Å²) in [6, 6.07) is 11.0. The van der Waals surface area contributed by atoms with Crippen molar-refractivity contribution < 1.29 is 26.8 Å². The lowest BCUT2D eigenvalue weighted by atomic mass is 10.0. The van der Waals surface area contributed by atoms with Crippen molar-refractivity contribution in [1.29, 1.82) is 0 Å². The van der Waals surface area contributed by atoms with Crippen molar-refractivity contribution in [3.05, 3.63) is 71.8 Å². The molecule has 0 radical (unpaired) electrons. The van der Waals surface area contributed by atoms with E-state index in [0.29, 0.717) is 23.7 Å². The number of fused-ring (bicyclic) bond motifs is 1. The first-order valence-electron chi connectivity index (χ1n) is 14.7. The summed E-state index contributed by atoms with van der Waals surface area (Å²) in [4.78, 5) is 30.6. The van der Waals surface area contributed by atoms with Crippen LogP contribution in [0.1, 0.15) is 29.6 Å². The van der Waals surface area contributed by atoms with E-state index in [4.69, 9.17) is 0 Å². The van der Waals surface area contributed by atoms with E-state index >= 15 is 0 Å². The van der Waals surface area contributed by atoms with Crippen molar-refractivity contribution in [2.45, 2.75) is 35.1 Å². The molecule has 2 saturated heterocycles. The zero-order valence-corrected chi connectivity index (χ0v) is 25.4. The normalized spacial score (nSPS) is 17.8. The Bertz CT molecular complexity index is 1850. The topological polar surface area (TPSA) is 140 Å². The van der Waals surface area contributed by atoms with Gasteiger partial charge in [0.2, 0.25) is 15.7 Å². The molecule has 4 N–H and O–H groups in total. The van der Waals surface area contributed by atoms with Crippen LogP contribution in [0.5, 0.6) is 0 Å². The number of aromatic amines is 1. The predicted octanol–water partition coefficient (Wildman–Crippen LogP) is 3.76. The van der Waals surface area contributed by atoms with Gasteiger partial charge in [-0.3, -0.25) is 14.7 Å². The maximum Gasteiger partial charge on any atom is 0.258 e. The maximum absolute atomic E-state index is 13.8. The number of H-pyrrole nitrogens is 1. The number of aromatic nitrogens is 2. The molecule has 0 aliphatic carbocycles. The van der Waals surface area contributed by atoms with E-state index in [1.807, 2.05) is 6.07 Å². The molecule has 2 aliphatic rings. The molecule has 11 nitrogen and oxygen atoms in total. The van der Waals surface area contributed by atoms with E-state index in [9.17, 15) is 26.8 Å². The molecular formula is C31H33F2N7O4S. The molecule has 3 aromatic carbocycles. The molecule has 6 rings (SSSR count). The fourth-order valence-corrected chi connectivity index (χ4v) is 6.97. The Morgan fingerprint density at radius 3 is 2.38 bits per heavy atom. The average molecular weight is 638 g/mol. The summed E-state index contributed by atoms with van der Waals surface area (Å²) in [6.45, 7) is 4.10. The first kappa shape index (κ1) is 30.6. The third-order valence-corrected chi connectivity index (χ3v) is 9.95. The van der Waals surface area contributed by atoms with E-state index in [2.05, 4.69) is 43.0 Å². The Kier molecular flexibility index (Phi) is 8.53. The second kappa shape index (κ2) is 12.5. The average Bonchev–Trinajstić information content (AvgIpc) is 3.43. The summed E-state index contributed by atoms with van der Waals surface area (Å²) in [5, 5.41) is 16.1. The van der Waals surface area contributed by atoms with Crippen LogP contribution in [0.15, 0.2) is 64.4 Å². The van der Waals surface area contributed by atoms with Gasteiger partial charge in [0.1, 0.15) is 11.6 Å². The number of piperidine rings is 1. The van der Waals surface area contributed by atoms with Gasteiger partial charge in [-0.25, -0.2) is 17.2 Å². The minimum atomic E-state index is -4.30. The summed E-state index contributed by atoms with van der Waals surface area (Å²) in [5.41, 5.74) is 1.85. The Balaban J connectivity index is 1.30. The van der Waals surface area contributed by atoms with Crippen LogP contribution in [-0.4, -0.2) is 81.1 Å². The molecule has 4 aromatic rings. The number of carbonyl (C=O) groups excluding carboxylic acids is 2. The quantitative estimate of drug-likeness (QED) is 0.240. The van der Waals surface area contributed by atoms with Crippen LogP contribution in [0, 0.1) is 11.6 Å². The number of anilines is 3. The number of nitrogens with zero attached hydrogens (tertiary/aromatic N) is 3. The van der Waals surface area contributed by atoms with Crippen molar-refractivity contribution >= 4 is 49.7 Å². The third kappa shape index (κ3) is 6.53. The molecule has 1 unspecified atom stereocenters. The summed E-state index contributed by atoms with van der Waals surface area (Å²) in [7, 11) is -2.23. The molecule has 45 heavy (non-hydrogen) atoms. The maximum atomic E-state index is 13.8. The molecule has 14 heteroatoms. The first-order chi connectivity index (χ1) is 21.6. The van der Waals surface area contributed by atoms with Gasteiger partial charge in [0, 0.05) is 43.3 Å². The van der Waals surface area contributed by atoms with Gasteiger partial charge in [0.05, 0.1) is 32.6 Å². The number of piperazine rings is 1. The number of carbonyl (C=O) groups is 2. The largest absolute Gasteiger partial charge is 0.369 e. The van der Waals surface area contributed by atoms with E-state index in [1.165, 1.54) is 18.2 Å². The van der Waals surface area contributed by atoms with E-state index < -0.39 is 32.3 Å². The number of likely N-dealkylation sites (N-methyl/N-ethyl adjacent to an activating group) is 1. The molecule has 0 bridgehead atoms. The van der Waals surface area contributed by atoms with Gasteiger partial charge in [0.15, 0.2) is 5.82 Å². The smallest absolute Gasteiger partial charge is 0.258 e. The molecule has 2 amide bonds. The van der Waals surface area contributed by atoms with Gasteiger partial charge in [0.25, 0.3) is 5.91 Å². The fraction of sp³-hybridized carbons (Fsp3) is 0.323. The minimum Gasteiger partial charge on any atom is -0.369 e. The lowest BCUT2D eigenvalue weighted by molar-refractivity contribution is -0.118. The highest BCUT2D eigenvalue weighted by Gasteiger charge is 2.25. The van der Waals surface area contributed by atoms with Gasteiger partial charge in [-0.2, -0.15) is 5.10 Å². The molecule has 2 aliphatic heterocycles. The van der Waals surface area contributed by atoms with Crippen LogP contribution in [-0.2, 0) is 14.6 Å². The summed E-state index contributed by atoms with van der Waals surface area (Å²) in [6.07, 6.45) is 2.62. The molecule has 2 fully saturated rings. The summed E-state index contributed by atoms with van der Waals surface area (Å²) >= 11 is 0. The van der Waals surface area contributed by atoms with Gasteiger partial charge in [-0.05, 0) is 75.0 Å². The third-order valence-electron chi connectivity index (χ3n) is 8.22. The van der Waals surface area contributed by atoms with Crippen LogP contribution in [0.25, 0.3) is 10.9 Å². The lowest BCUT2D eigenvalue weighted by Crippen LogP contribution is -2.45. The zero-order chi connectivity index (χ0) is 31.7. The van der Waals surface area contributed by atoms with Crippen LogP contribution in [0.2, 0.25) is 0 Å². The van der Waals surface area contributed by atoms with Crippen molar-refractivity contribution in [3.63, 3.8) is 0 Å². The zero-order valence-electron chi connectivity index (χ0n) is 24.6. The second-order valence-corrected chi connectivity index (χ2v) is 13.3. The van der Waals surface area contributed by atoms with E-state index in [-0.39, 0.29) is 33.6 Å². The Hall–Kier alpha value is -4.40. The molecule has 0 saturated carbocycles. The number of benzene rings is 3. The number of hydrogen-bond acceptors (Lipinski definition) is 8. The van der Waals surface area contributed by atoms with Gasteiger partial charge in [-0.1, -0.05) is 6.42 Å². The van der Waals surface area contributed by atoms with Gasteiger partial charge >= 0.3 is 0 Å². The van der Waals surface area contributed by atoms with Crippen molar-refractivity contribution in [2.24, 2.45) is 0 Å². The Labute approximate surface area is 258 Å². The second-order valence-electron chi connectivity index (χ2n) is 11.4. The minimum absolute atomic E-state index is 0.0480. The predicted molar refractivity (Wildman–Crippen MR) is 166 cm³/mol. The standard InChI is InChI=1S/C31H33F2N7O4S/c1-39-10-12-40(13-11-39)21-5-7-24(28(17-21)35-31(42)27-4-2-3-9-34-27)30(41)36-29-25-18-22(6-8-26(25)37-38-29)45(43,44)23-15-19(32)14-20(33)16-23/h5-8,14-18,27,34H,2-4,9-13H2,1H3,(H,35,42)(H2,36,37,38,41). The first-order valence-corrected chi connectivity index (χ1v) is 16.2. The van der Waals surface area contributed by atoms with Crippen LogP contribution in [0.4, 0.5) is 26.0 Å². The van der Waals surface area contributed by atoms with Gasteiger partial charge in [-0.15, -0.1) is 0 Å². The Morgan fingerprint density at radius 1 is 0.911 bits per heavy atom. The number of rotatable bonds is 7. The van der Waals surface area contributed by atoms with Crippen LogP contribution < -0.4 is 20.9 Å². The van der Waals surface area contributed by atoms with E-state index in [1.54, 1.807) is 12.1 Å². The highest BCUT2D eigenvalue weighted by Crippen LogP contribution is 2.30. The molecule has 1 aromatic heterocycles. The number of hydrogen-bond donors (Lipinski definition) is 4. The number of sulfone groups is 1. The molecule has 3 heterocycles. The monoisotopic (exact) mass is 637 g/mol. The summed E-state index contributed by atoms with van der Waals surface area (Å²) in [5.74, 6) is -2.79. The molecule has 236 valence electrons. The molecule has 0 spiro atoms. The highest BCUT2D eigenvalue weighted by atomic mass is 32.2. The molecule has 1 atom stereocenters. The van der Waals surface area contributed by atoms with Crippen molar-refractivity contribution in [1.82, 2.24) is 20.4 Å². The number of halogens is 2. The van der Waals surface area contributed by atoms with Crippen LogP contribution in [0.3, 0.4) is 0 Å². The van der Waals surface area contributed by atoms with Crippen molar-refractivity contribution in [2.75, 3.05) is 55.3 Å². The van der Waals surface area contributed by atoms with Gasteiger partial charge < -0.3 is 25.8 Å². The molecular weight excluding hydrogens is 604 g/mol. The number of amides is 2. The van der Waals surface area contributed by atoms with Crippen molar-refractivity contribution in [3.8, 4) is 0 Å². The summed E-state index contributed by atoms with van der Waals surface area (Å²) < 4.78 is 54.0. The Morgan fingerprint density at radius 2 is 1.67 bits per heavy atom. The lowest BCUT2D eigenvalue weighted by Gasteiger charge is -2.34. The van der Waals surface area contributed by atoms with E-state index in [0.717, 1.165) is 63.4 Å². The fourth-order valence-electron chi connectivity index (χ4n) is 5.64. The van der Waals surface area contributed by atoms with Crippen LogP contribution >= 0.6 is 0 Å². The highest BCUT2D eigenvalue weighted by molar-refractivity contribution is 7.91. The SMILES string of the molecule is CN1CCN(c2ccc(C(=O)Nc3n[nH]c4ccc(S(=O)(=O)c5cc(F)cc(F)c5)cc34)c(NC(=O)C3CCCCN3)c2)CC1. The number of nitrogens with one attached hydrogen (secondary N) is 4.